The van der Waals surface area contributed by atoms with Crippen molar-refractivity contribution >= 4 is 33.0 Å². The molecule has 0 radical (unpaired) electrons. The Bertz CT molecular complexity index is 646. The van der Waals surface area contributed by atoms with Gasteiger partial charge in [-0.05, 0) is 37.7 Å². The quantitative estimate of drug-likeness (QED) is 0.659. The molecule has 1 aromatic carbocycles. The first-order valence-corrected chi connectivity index (χ1v) is 9.77. The van der Waals surface area contributed by atoms with E-state index in [0.717, 1.165) is 25.5 Å². The summed E-state index contributed by atoms with van der Waals surface area (Å²) in [5.74, 6) is 0. The molecular formula is C13H18N2O4S2. The number of nitro benzene ring substituents is 1. The third kappa shape index (κ3) is 3.68. The van der Waals surface area contributed by atoms with E-state index in [1.807, 2.05) is 0 Å². The lowest BCUT2D eigenvalue weighted by atomic mass is 10.2. The Balaban J connectivity index is 2.34. The van der Waals surface area contributed by atoms with E-state index in [2.05, 4.69) is 11.6 Å². The van der Waals surface area contributed by atoms with Crippen LogP contribution < -0.4 is 5.32 Å². The summed E-state index contributed by atoms with van der Waals surface area (Å²) in [7, 11) is -3.64. The zero-order valence-electron chi connectivity index (χ0n) is 11.9. The molecule has 1 aliphatic rings. The van der Waals surface area contributed by atoms with Crippen molar-refractivity contribution in [3.05, 3.63) is 28.3 Å². The van der Waals surface area contributed by atoms with E-state index in [1.54, 1.807) is 17.8 Å². The summed E-state index contributed by atoms with van der Waals surface area (Å²) < 4.78 is 23.4. The molecule has 0 saturated heterocycles. The van der Waals surface area contributed by atoms with Crippen LogP contribution in [0, 0.1) is 10.1 Å². The highest BCUT2D eigenvalue weighted by Crippen LogP contribution is 2.35. The number of para-hydroxylation sites is 1. The minimum Gasteiger partial charge on any atom is -0.377 e. The highest BCUT2D eigenvalue weighted by atomic mass is 32.2. The molecule has 21 heavy (non-hydrogen) atoms. The second-order valence-electron chi connectivity index (χ2n) is 5.19. The number of sulfone groups is 1. The number of nitro groups is 1. The Hall–Kier alpha value is -1.28. The van der Waals surface area contributed by atoms with Gasteiger partial charge < -0.3 is 5.32 Å². The SMILES string of the molecule is CSC1CCC(Nc2cccc(S(C)(=O)=O)c2[N+](=O)[O-])C1. The van der Waals surface area contributed by atoms with Crippen LogP contribution in [0.25, 0.3) is 0 Å². The molecule has 1 fully saturated rings. The summed E-state index contributed by atoms with van der Waals surface area (Å²) in [4.78, 5) is 10.4. The van der Waals surface area contributed by atoms with E-state index in [4.69, 9.17) is 0 Å². The van der Waals surface area contributed by atoms with E-state index in [9.17, 15) is 18.5 Å². The number of anilines is 1. The van der Waals surface area contributed by atoms with Crippen LogP contribution in [-0.4, -0.2) is 37.1 Å². The third-order valence-corrected chi connectivity index (χ3v) is 5.88. The highest BCUT2D eigenvalue weighted by molar-refractivity contribution is 7.99. The summed E-state index contributed by atoms with van der Waals surface area (Å²) in [6.45, 7) is 0. The molecule has 0 amide bonds. The predicted molar refractivity (Wildman–Crippen MR) is 84.8 cm³/mol. The van der Waals surface area contributed by atoms with Gasteiger partial charge in [-0.3, -0.25) is 10.1 Å². The molecule has 0 spiro atoms. The summed E-state index contributed by atoms with van der Waals surface area (Å²) >= 11 is 1.79. The molecule has 6 nitrogen and oxygen atoms in total. The predicted octanol–water partition coefficient (Wildman–Crippen LogP) is 2.69. The van der Waals surface area contributed by atoms with Crippen LogP contribution in [0.1, 0.15) is 19.3 Å². The van der Waals surface area contributed by atoms with Crippen molar-refractivity contribution in [3.63, 3.8) is 0 Å². The number of thioether (sulfide) groups is 1. The van der Waals surface area contributed by atoms with Crippen molar-refractivity contribution in [2.45, 2.75) is 35.4 Å². The van der Waals surface area contributed by atoms with Crippen molar-refractivity contribution in [1.82, 2.24) is 0 Å². The fourth-order valence-electron chi connectivity index (χ4n) is 2.63. The second kappa shape index (κ2) is 6.23. The Kier molecular flexibility index (Phi) is 4.77. The van der Waals surface area contributed by atoms with Crippen LogP contribution in [0.2, 0.25) is 0 Å². The van der Waals surface area contributed by atoms with Gasteiger partial charge in [0.15, 0.2) is 9.84 Å². The smallest absolute Gasteiger partial charge is 0.310 e. The number of nitrogens with one attached hydrogen (secondary N) is 1. The Morgan fingerprint density at radius 3 is 2.62 bits per heavy atom. The molecule has 2 unspecified atom stereocenters. The van der Waals surface area contributed by atoms with Crippen LogP contribution >= 0.6 is 11.8 Å². The van der Waals surface area contributed by atoms with Crippen molar-refractivity contribution in [1.29, 1.82) is 0 Å². The normalized spacial score (nSPS) is 22.2. The first-order valence-electron chi connectivity index (χ1n) is 6.59. The van der Waals surface area contributed by atoms with E-state index in [1.165, 1.54) is 12.1 Å². The molecular weight excluding hydrogens is 312 g/mol. The fourth-order valence-corrected chi connectivity index (χ4v) is 4.29. The minimum absolute atomic E-state index is 0.149. The molecule has 0 heterocycles. The zero-order valence-corrected chi connectivity index (χ0v) is 13.5. The molecule has 1 saturated carbocycles. The number of benzene rings is 1. The monoisotopic (exact) mass is 330 g/mol. The minimum atomic E-state index is -3.64. The first kappa shape index (κ1) is 16.1. The Labute approximate surface area is 128 Å². The van der Waals surface area contributed by atoms with Crippen LogP contribution in [0.4, 0.5) is 11.4 Å². The summed E-state index contributed by atoms with van der Waals surface area (Å²) in [6, 6.07) is 4.53. The lowest BCUT2D eigenvalue weighted by molar-refractivity contribution is -0.386. The highest BCUT2D eigenvalue weighted by Gasteiger charge is 2.29. The van der Waals surface area contributed by atoms with E-state index in [0.29, 0.717) is 5.25 Å². The van der Waals surface area contributed by atoms with Crippen molar-refractivity contribution in [2.24, 2.45) is 0 Å². The molecule has 0 aliphatic heterocycles. The fraction of sp³-hybridized carbons (Fsp3) is 0.538. The average molecular weight is 330 g/mol. The number of hydrogen-bond acceptors (Lipinski definition) is 6. The van der Waals surface area contributed by atoms with Gasteiger partial charge in [-0.1, -0.05) is 6.07 Å². The molecule has 1 N–H and O–H groups in total. The average Bonchev–Trinajstić information content (AvgIpc) is 2.85. The van der Waals surface area contributed by atoms with Gasteiger partial charge in [0.25, 0.3) is 0 Å². The topological polar surface area (TPSA) is 89.3 Å². The molecule has 1 aromatic rings. The van der Waals surface area contributed by atoms with Gasteiger partial charge in [-0.25, -0.2) is 8.42 Å². The summed E-state index contributed by atoms with van der Waals surface area (Å²) in [6.07, 6.45) is 5.98. The van der Waals surface area contributed by atoms with Crippen LogP contribution in [0.3, 0.4) is 0 Å². The van der Waals surface area contributed by atoms with Gasteiger partial charge in [0.05, 0.1) is 4.92 Å². The van der Waals surface area contributed by atoms with Crippen LogP contribution in [-0.2, 0) is 9.84 Å². The van der Waals surface area contributed by atoms with Crippen molar-refractivity contribution in [2.75, 3.05) is 17.8 Å². The second-order valence-corrected chi connectivity index (χ2v) is 8.32. The first-order chi connectivity index (χ1) is 9.82. The van der Waals surface area contributed by atoms with Crippen molar-refractivity contribution < 1.29 is 13.3 Å². The van der Waals surface area contributed by atoms with Gasteiger partial charge in [0.2, 0.25) is 0 Å². The number of rotatable bonds is 5. The van der Waals surface area contributed by atoms with Gasteiger partial charge >= 0.3 is 5.69 Å². The van der Waals surface area contributed by atoms with Gasteiger partial charge in [0.1, 0.15) is 10.6 Å². The summed E-state index contributed by atoms with van der Waals surface area (Å²) in [5.41, 5.74) is -0.0673. The van der Waals surface area contributed by atoms with E-state index >= 15 is 0 Å². The molecule has 2 rings (SSSR count). The summed E-state index contributed by atoms with van der Waals surface area (Å²) in [5, 5.41) is 15.0. The zero-order chi connectivity index (χ0) is 15.6. The van der Waals surface area contributed by atoms with Gasteiger partial charge in [-0.15, -0.1) is 0 Å². The third-order valence-electron chi connectivity index (χ3n) is 3.66. The van der Waals surface area contributed by atoms with Crippen LogP contribution in [0.15, 0.2) is 23.1 Å². The van der Waals surface area contributed by atoms with Gasteiger partial charge in [0, 0.05) is 17.5 Å². The number of nitrogens with zero attached hydrogens (tertiary/aromatic N) is 1. The lowest BCUT2D eigenvalue weighted by Crippen LogP contribution is -2.17. The molecule has 8 heteroatoms. The molecule has 2 atom stereocenters. The van der Waals surface area contributed by atoms with Crippen molar-refractivity contribution in [3.8, 4) is 0 Å². The van der Waals surface area contributed by atoms with Gasteiger partial charge in [-0.2, -0.15) is 11.8 Å². The molecule has 1 aliphatic carbocycles. The Morgan fingerprint density at radius 2 is 2.10 bits per heavy atom. The maximum Gasteiger partial charge on any atom is 0.310 e. The Morgan fingerprint density at radius 1 is 1.38 bits per heavy atom. The molecule has 0 aromatic heterocycles. The van der Waals surface area contributed by atoms with E-state index in [-0.39, 0.29) is 22.3 Å². The number of hydrogen-bond donors (Lipinski definition) is 1. The lowest BCUT2D eigenvalue weighted by Gasteiger charge is -2.15. The molecule has 116 valence electrons. The van der Waals surface area contributed by atoms with Crippen LogP contribution in [0.5, 0.6) is 0 Å². The van der Waals surface area contributed by atoms with E-state index < -0.39 is 14.8 Å². The standard InChI is InChI=1S/C13H18N2O4S2/c1-20-10-7-6-9(8-10)14-11-4-3-5-12(21(2,18)19)13(11)15(16)17/h3-5,9-10,14H,6-8H2,1-2H3. The molecule has 0 bridgehead atoms. The maximum atomic E-state index is 11.7. The largest absolute Gasteiger partial charge is 0.377 e. The maximum absolute atomic E-state index is 11.7.